The Hall–Kier alpha value is -2.34. The standard InChI is InChI=1S/C19H10BrClF3N3S/c20-14-3-1-2-11(6-14)17-10-28-18(27-17)12(8-25)9-26-16-7-13(19(22,23)24)4-5-15(16)21/h1-7,9-10,26H/b12-9+. The second kappa shape index (κ2) is 8.35. The SMILES string of the molecule is N#C/C(=C\Nc1cc(C(F)(F)F)ccc1Cl)c1nc(-c2cccc(Br)c2)cs1. The van der Waals surface area contributed by atoms with Crippen molar-refractivity contribution in [3.63, 3.8) is 0 Å². The van der Waals surface area contributed by atoms with Crippen molar-refractivity contribution in [1.29, 1.82) is 5.26 Å². The summed E-state index contributed by atoms with van der Waals surface area (Å²) in [5.41, 5.74) is 0.966. The van der Waals surface area contributed by atoms with E-state index in [1.54, 1.807) is 5.38 Å². The maximum absolute atomic E-state index is 12.9. The molecule has 1 heterocycles. The number of hydrogen-bond acceptors (Lipinski definition) is 4. The molecule has 0 aliphatic heterocycles. The first-order chi connectivity index (χ1) is 13.3. The van der Waals surface area contributed by atoms with E-state index in [1.807, 2.05) is 30.3 Å². The van der Waals surface area contributed by atoms with E-state index in [2.05, 4.69) is 26.2 Å². The van der Waals surface area contributed by atoms with Crippen molar-refractivity contribution in [1.82, 2.24) is 4.98 Å². The van der Waals surface area contributed by atoms with Crippen LogP contribution in [0.1, 0.15) is 10.6 Å². The second-order valence-corrected chi connectivity index (χ2v) is 7.74. The molecule has 3 nitrogen and oxygen atoms in total. The lowest BCUT2D eigenvalue weighted by Crippen LogP contribution is -2.05. The van der Waals surface area contributed by atoms with Gasteiger partial charge in [-0.05, 0) is 30.3 Å². The molecule has 0 spiro atoms. The number of thiazole rings is 1. The number of anilines is 1. The van der Waals surface area contributed by atoms with Gasteiger partial charge in [0.15, 0.2) is 0 Å². The van der Waals surface area contributed by atoms with E-state index < -0.39 is 11.7 Å². The first kappa shape index (κ1) is 20.4. The maximum Gasteiger partial charge on any atom is 0.416 e. The number of rotatable bonds is 4. The van der Waals surface area contributed by atoms with Crippen LogP contribution in [0.25, 0.3) is 16.8 Å². The minimum Gasteiger partial charge on any atom is -0.359 e. The summed E-state index contributed by atoms with van der Waals surface area (Å²) in [6.45, 7) is 0. The molecule has 0 radical (unpaired) electrons. The molecule has 0 aliphatic carbocycles. The van der Waals surface area contributed by atoms with E-state index in [1.165, 1.54) is 17.5 Å². The van der Waals surface area contributed by atoms with Crippen molar-refractivity contribution < 1.29 is 13.2 Å². The Morgan fingerprint density at radius 2 is 2.04 bits per heavy atom. The summed E-state index contributed by atoms with van der Waals surface area (Å²) < 4.78 is 39.5. The number of hydrogen-bond donors (Lipinski definition) is 1. The third-order valence-corrected chi connectivity index (χ3v) is 5.34. The van der Waals surface area contributed by atoms with Crippen LogP contribution < -0.4 is 5.32 Å². The molecule has 0 amide bonds. The third kappa shape index (κ3) is 4.73. The molecule has 142 valence electrons. The van der Waals surface area contributed by atoms with Gasteiger partial charge in [0.25, 0.3) is 0 Å². The number of benzene rings is 2. The monoisotopic (exact) mass is 483 g/mol. The van der Waals surface area contributed by atoms with E-state index in [-0.39, 0.29) is 16.3 Å². The average molecular weight is 485 g/mol. The highest BCUT2D eigenvalue weighted by molar-refractivity contribution is 9.10. The van der Waals surface area contributed by atoms with Crippen molar-refractivity contribution in [3.05, 3.63) is 74.1 Å². The normalized spacial score (nSPS) is 11.9. The summed E-state index contributed by atoms with van der Waals surface area (Å²) in [4.78, 5) is 4.44. The fraction of sp³-hybridized carbons (Fsp3) is 0.0526. The van der Waals surface area contributed by atoms with Gasteiger partial charge in [0.05, 0.1) is 22.0 Å². The minimum atomic E-state index is -4.49. The number of nitrogens with zero attached hydrogens (tertiary/aromatic N) is 2. The predicted molar refractivity (Wildman–Crippen MR) is 109 cm³/mol. The first-order valence-electron chi connectivity index (χ1n) is 7.73. The molecule has 0 fully saturated rings. The van der Waals surface area contributed by atoms with E-state index in [9.17, 15) is 18.4 Å². The van der Waals surface area contributed by atoms with Crippen LogP contribution in [0.5, 0.6) is 0 Å². The number of nitrogens with one attached hydrogen (secondary N) is 1. The predicted octanol–water partition coefficient (Wildman–Crippen LogP) is 7.22. The molecule has 3 aromatic rings. The zero-order valence-electron chi connectivity index (χ0n) is 13.9. The molecular formula is C19H10BrClF3N3S. The Morgan fingerprint density at radius 3 is 2.71 bits per heavy atom. The fourth-order valence-corrected chi connectivity index (χ4v) is 3.65. The van der Waals surface area contributed by atoms with E-state index in [4.69, 9.17) is 11.6 Å². The fourth-order valence-electron chi connectivity index (χ4n) is 2.28. The minimum absolute atomic E-state index is 0.0491. The molecule has 0 bridgehead atoms. The molecule has 0 saturated heterocycles. The number of halogens is 5. The Kier molecular flexibility index (Phi) is 6.08. The second-order valence-electron chi connectivity index (χ2n) is 5.55. The van der Waals surface area contributed by atoms with E-state index in [0.717, 1.165) is 28.2 Å². The van der Waals surface area contributed by atoms with Crippen LogP contribution in [-0.4, -0.2) is 4.98 Å². The molecule has 0 unspecified atom stereocenters. The summed E-state index contributed by atoms with van der Waals surface area (Å²) in [6.07, 6.45) is -3.19. The van der Waals surface area contributed by atoms with Gasteiger partial charge in [-0.1, -0.05) is 39.7 Å². The van der Waals surface area contributed by atoms with Gasteiger partial charge in [-0.25, -0.2) is 4.98 Å². The summed E-state index contributed by atoms with van der Waals surface area (Å²) in [7, 11) is 0. The van der Waals surface area contributed by atoms with Gasteiger partial charge >= 0.3 is 6.18 Å². The highest BCUT2D eigenvalue weighted by atomic mass is 79.9. The van der Waals surface area contributed by atoms with E-state index in [0.29, 0.717) is 10.7 Å². The molecule has 0 atom stereocenters. The molecule has 0 saturated carbocycles. The molecular weight excluding hydrogens is 475 g/mol. The lowest BCUT2D eigenvalue weighted by atomic mass is 10.2. The van der Waals surface area contributed by atoms with Crippen LogP contribution in [0.4, 0.5) is 18.9 Å². The largest absolute Gasteiger partial charge is 0.416 e. The zero-order valence-corrected chi connectivity index (χ0v) is 17.0. The van der Waals surface area contributed by atoms with Crippen LogP contribution in [-0.2, 0) is 6.18 Å². The van der Waals surface area contributed by atoms with Crippen molar-refractivity contribution in [2.75, 3.05) is 5.32 Å². The van der Waals surface area contributed by atoms with E-state index >= 15 is 0 Å². The topological polar surface area (TPSA) is 48.7 Å². The first-order valence-corrected chi connectivity index (χ1v) is 9.78. The van der Waals surface area contributed by atoms with Crippen LogP contribution >= 0.6 is 38.9 Å². The Balaban J connectivity index is 1.87. The Labute approximate surface area is 176 Å². The van der Waals surface area contributed by atoms with Gasteiger partial charge < -0.3 is 5.32 Å². The Morgan fingerprint density at radius 1 is 1.25 bits per heavy atom. The van der Waals surface area contributed by atoms with Crippen LogP contribution in [0, 0.1) is 11.3 Å². The van der Waals surface area contributed by atoms with Crippen molar-refractivity contribution >= 4 is 50.1 Å². The molecule has 1 aromatic heterocycles. The smallest absolute Gasteiger partial charge is 0.359 e. The molecule has 0 aliphatic rings. The van der Waals surface area contributed by atoms with Crippen LogP contribution in [0.3, 0.4) is 0 Å². The molecule has 1 N–H and O–H groups in total. The lowest BCUT2D eigenvalue weighted by Gasteiger charge is -2.10. The average Bonchev–Trinajstić information content (AvgIpc) is 3.12. The van der Waals surface area contributed by atoms with Crippen LogP contribution in [0.2, 0.25) is 5.02 Å². The Bertz CT molecular complexity index is 1090. The number of aromatic nitrogens is 1. The molecule has 3 rings (SSSR count). The number of alkyl halides is 3. The summed E-state index contributed by atoms with van der Waals surface area (Å²) in [6, 6.07) is 12.5. The van der Waals surface area contributed by atoms with Crippen LogP contribution in [0.15, 0.2) is 58.5 Å². The van der Waals surface area contributed by atoms with Gasteiger partial charge in [-0.15, -0.1) is 11.3 Å². The summed E-state index contributed by atoms with van der Waals surface area (Å²) in [5.74, 6) is 0. The molecule has 2 aromatic carbocycles. The van der Waals surface area contributed by atoms with Crippen molar-refractivity contribution in [3.8, 4) is 17.3 Å². The highest BCUT2D eigenvalue weighted by Crippen LogP contribution is 2.34. The van der Waals surface area contributed by atoms with Gasteiger partial charge in [0.2, 0.25) is 0 Å². The van der Waals surface area contributed by atoms with Crippen molar-refractivity contribution in [2.24, 2.45) is 0 Å². The third-order valence-electron chi connectivity index (χ3n) is 3.64. The quantitative estimate of drug-likeness (QED) is 0.398. The zero-order chi connectivity index (χ0) is 20.3. The highest BCUT2D eigenvalue weighted by Gasteiger charge is 2.30. The van der Waals surface area contributed by atoms with Crippen molar-refractivity contribution in [2.45, 2.75) is 6.18 Å². The lowest BCUT2D eigenvalue weighted by molar-refractivity contribution is -0.137. The maximum atomic E-state index is 12.9. The molecule has 9 heteroatoms. The van der Waals surface area contributed by atoms with Gasteiger partial charge in [-0.3, -0.25) is 0 Å². The molecule has 28 heavy (non-hydrogen) atoms. The van der Waals surface area contributed by atoms with Gasteiger partial charge in [0.1, 0.15) is 16.6 Å². The number of nitriles is 1. The summed E-state index contributed by atoms with van der Waals surface area (Å²) in [5, 5.41) is 14.4. The van der Waals surface area contributed by atoms with Gasteiger partial charge in [-0.2, -0.15) is 18.4 Å². The summed E-state index contributed by atoms with van der Waals surface area (Å²) >= 11 is 10.6. The van der Waals surface area contributed by atoms with Gasteiger partial charge in [0, 0.05) is 21.6 Å². The number of allylic oxidation sites excluding steroid dienone is 1.